The van der Waals surface area contributed by atoms with Crippen molar-refractivity contribution in [1.82, 2.24) is 0 Å². The van der Waals surface area contributed by atoms with Crippen LogP contribution in [0.25, 0.3) is 0 Å². The van der Waals surface area contributed by atoms with Crippen molar-refractivity contribution in [3.8, 4) is 0 Å². The van der Waals surface area contributed by atoms with Crippen LogP contribution in [0.15, 0.2) is 0 Å². The summed E-state index contributed by atoms with van der Waals surface area (Å²) in [7, 11) is -3.54. The molecule has 1 saturated carbocycles. The molecule has 0 aromatic rings. The highest BCUT2D eigenvalue weighted by Crippen LogP contribution is 2.57. The number of ether oxygens (including phenoxy) is 1. The van der Waals surface area contributed by atoms with E-state index in [4.69, 9.17) is 9.84 Å². The van der Waals surface area contributed by atoms with Crippen LogP contribution in [0.4, 0.5) is 0 Å². The van der Waals surface area contributed by atoms with Crippen molar-refractivity contribution in [2.24, 2.45) is 5.41 Å². The molecular weight excluding hydrogens is 232 g/mol. The highest BCUT2D eigenvalue weighted by molar-refractivity contribution is 7.93. The van der Waals surface area contributed by atoms with Crippen molar-refractivity contribution in [1.29, 1.82) is 0 Å². The smallest absolute Gasteiger partial charge is 0.325 e. The highest BCUT2D eigenvalue weighted by Gasteiger charge is 2.64. The predicted molar refractivity (Wildman–Crippen MR) is 56.9 cm³/mol. The van der Waals surface area contributed by atoms with E-state index in [-0.39, 0.29) is 18.3 Å². The Labute approximate surface area is 94.7 Å². The van der Waals surface area contributed by atoms with E-state index in [1.165, 1.54) is 0 Å². The molecule has 0 aromatic heterocycles. The lowest BCUT2D eigenvalue weighted by Gasteiger charge is -2.54. The average molecular weight is 248 g/mol. The molecule has 6 heteroatoms. The zero-order chi connectivity index (χ0) is 12.0. The van der Waals surface area contributed by atoms with Gasteiger partial charge in [-0.2, -0.15) is 0 Å². The fourth-order valence-corrected chi connectivity index (χ4v) is 4.34. The van der Waals surface area contributed by atoms with Gasteiger partial charge in [-0.05, 0) is 31.1 Å². The molecule has 0 atom stereocenters. The lowest BCUT2D eigenvalue weighted by atomic mass is 9.57. The Bertz CT molecular complexity index is 397. The van der Waals surface area contributed by atoms with Gasteiger partial charge >= 0.3 is 5.97 Å². The van der Waals surface area contributed by atoms with Gasteiger partial charge in [-0.15, -0.1) is 0 Å². The molecule has 1 N–H and O–H groups in total. The molecule has 5 nitrogen and oxygen atoms in total. The second kappa shape index (κ2) is 3.43. The van der Waals surface area contributed by atoms with Gasteiger partial charge in [0.25, 0.3) is 0 Å². The first-order valence-electron chi connectivity index (χ1n) is 5.32. The average Bonchev–Trinajstić information content (AvgIpc) is 2.12. The molecular formula is C10H16O5S. The second-order valence-electron chi connectivity index (χ2n) is 5.04. The third-order valence-corrected chi connectivity index (χ3v) is 5.86. The Balaban J connectivity index is 2.21. The van der Waals surface area contributed by atoms with Crippen LogP contribution in [0.1, 0.15) is 25.7 Å². The first-order valence-corrected chi connectivity index (χ1v) is 7.21. The summed E-state index contributed by atoms with van der Waals surface area (Å²) < 4.78 is 26.9. The zero-order valence-electron chi connectivity index (χ0n) is 9.23. The minimum absolute atomic E-state index is 0.111. The number of carboxylic acid groups (broad SMARTS) is 1. The number of rotatable bonds is 2. The van der Waals surface area contributed by atoms with Crippen LogP contribution in [0, 0.1) is 5.41 Å². The molecule has 1 saturated heterocycles. The molecule has 2 rings (SSSR count). The monoisotopic (exact) mass is 248 g/mol. The third kappa shape index (κ3) is 1.55. The van der Waals surface area contributed by atoms with E-state index in [1.807, 2.05) is 0 Å². The van der Waals surface area contributed by atoms with Crippen molar-refractivity contribution in [3.63, 3.8) is 0 Å². The highest BCUT2D eigenvalue weighted by atomic mass is 32.2. The van der Waals surface area contributed by atoms with Gasteiger partial charge in [0.05, 0.1) is 0 Å². The molecule has 0 aromatic carbocycles. The standard InChI is InChI=1S/C10H16O5S/c1-16(13,14)10(8(11)12)6-9(7-10)2-4-15-5-3-9/h2-7H2,1H3,(H,11,12). The van der Waals surface area contributed by atoms with Gasteiger partial charge in [-0.1, -0.05) is 0 Å². The van der Waals surface area contributed by atoms with Crippen molar-refractivity contribution in [2.45, 2.75) is 30.4 Å². The van der Waals surface area contributed by atoms with Gasteiger partial charge in [0.2, 0.25) is 0 Å². The summed E-state index contributed by atoms with van der Waals surface area (Å²) in [5.74, 6) is -1.20. The topological polar surface area (TPSA) is 80.7 Å². The van der Waals surface area contributed by atoms with Crippen molar-refractivity contribution in [3.05, 3.63) is 0 Å². The van der Waals surface area contributed by atoms with Crippen LogP contribution in [-0.2, 0) is 19.4 Å². The molecule has 2 fully saturated rings. The molecule has 2 aliphatic rings. The van der Waals surface area contributed by atoms with E-state index in [1.54, 1.807) is 0 Å². The van der Waals surface area contributed by atoms with Crippen molar-refractivity contribution in [2.75, 3.05) is 19.5 Å². The fraction of sp³-hybridized carbons (Fsp3) is 0.900. The van der Waals surface area contributed by atoms with Crippen LogP contribution in [0.2, 0.25) is 0 Å². The minimum Gasteiger partial charge on any atom is -0.480 e. The van der Waals surface area contributed by atoms with Crippen molar-refractivity contribution < 1.29 is 23.1 Å². The summed E-state index contributed by atoms with van der Waals surface area (Å²) in [5.41, 5.74) is -0.111. The normalized spacial score (nSPS) is 27.3. The summed E-state index contributed by atoms with van der Waals surface area (Å²) in [6.07, 6.45) is 3.07. The first-order chi connectivity index (χ1) is 7.31. The van der Waals surface area contributed by atoms with Gasteiger partial charge in [0.15, 0.2) is 14.6 Å². The van der Waals surface area contributed by atoms with E-state index in [0.717, 1.165) is 19.1 Å². The fourth-order valence-electron chi connectivity index (χ4n) is 2.89. The molecule has 1 heterocycles. The number of carbonyl (C=O) groups is 1. The van der Waals surface area contributed by atoms with E-state index < -0.39 is 20.6 Å². The number of sulfone groups is 1. The number of aliphatic carboxylic acids is 1. The Hall–Kier alpha value is -0.620. The Morgan fingerprint density at radius 2 is 1.75 bits per heavy atom. The van der Waals surface area contributed by atoms with E-state index >= 15 is 0 Å². The zero-order valence-corrected chi connectivity index (χ0v) is 10.0. The number of hydrogen-bond acceptors (Lipinski definition) is 4. The van der Waals surface area contributed by atoms with Crippen LogP contribution in [-0.4, -0.2) is 43.7 Å². The summed E-state index contributed by atoms with van der Waals surface area (Å²) in [5, 5.41) is 9.12. The maximum absolute atomic E-state index is 11.6. The van der Waals surface area contributed by atoms with Gasteiger partial charge < -0.3 is 9.84 Å². The van der Waals surface area contributed by atoms with Crippen LogP contribution in [0.3, 0.4) is 0 Å². The van der Waals surface area contributed by atoms with Gasteiger partial charge in [0, 0.05) is 19.5 Å². The Morgan fingerprint density at radius 1 is 1.25 bits per heavy atom. The minimum atomic E-state index is -3.54. The lowest BCUT2D eigenvalue weighted by molar-refractivity contribution is -0.150. The Kier molecular flexibility index (Phi) is 2.54. The Morgan fingerprint density at radius 3 is 2.12 bits per heavy atom. The SMILES string of the molecule is CS(=O)(=O)C1(C(=O)O)CC2(CCOCC2)C1. The maximum Gasteiger partial charge on any atom is 0.325 e. The molecule has 16 heavy (non-hydrogen) atoms. The summed E-state index contributed by atoms with van der Waals surface area (Å²) in [6.45, 7) is 1.22. The second-order valence-corrected chi connectivity index (χ2v) is 7.36. The van der Waals surface area contributed by atoms with Gasteiger partial charge in [-0.3, -0.25) is 4.79 Å². The quantitative estimate of drug-likeness (QED) is 0.767. The maximum atomic E-state index is 11.6. The van der Waals surface area contributed by atoms with E-state index in [0.29, 0.717) is 13.2 Å². The van der Waals surface area contributed by atoms with Crippen LogP contribution >= 0.6 is 0 Å². The predicted octanol–water partition coefficient (Wildman–Crippen LogP) is 0.445. The number of hydrogen-bond donors (Lipinski definition) is 1. The number of carboxylic acids is 1. The largest absolute Gasteiger partial charge is 0.480 e. The molecule has 1 aliphatic heterocycles. The summed E-state index contributed by atoms with van der Waals surface area (Å²) >= 11 is 0. The lowest BCUT2D eigenvalue weighted by Crippen LogP contribution is -2.62. The van der Waals surface area contributed by atoms with E-state index in [2.05, 4.69) is 0 Å². The molecule has 0 amide bonds. The first kappa shape index (κ1) is 11.9. The summed E-state index contributed by atoms with van der Waals surface area (Å²) in [6, 6.07) is 0. The van der Waals surface area contributed by atoms with Crippen LogP contribution in [0.5, 0.6) is 0 Å². The van der Waals surface area contributed by atoms with Gasteiger partial charge in [-0.25, -0.2) is 8.42 Å². The third-order valence-electron chi connectivity index (χ3n) is 3.97. The molecule has 0 unspecified atom stereocenters. The van der Waals surface area contributed by atoms with Crippen LogP contribution < -0.4 is 0 Å². The molecule has 0 bridgehead atoms. The van der Waals surface area contributed by atoms with Crippen molar-refractivity contribution >= 4 is 15.8 Å². The molecule has 92 valence electrons. The van der Waals surface area contributed by atoms with Gasteiger partial charge in [0.1, 0.15) is 0 Å². The molecule has 0 radical (unpaired) electrons. The molecule has 1 aliphatic carbocycles. The summed E-state index contributed by atoms with van der Waals surface area (Å²) in [4.78, 5) is 11.2. The molecule has 1 spiro atoms. The van der Waals surface area contributed by atoms with E-state index in [9.17, 15) is 13.2 Å².